The molecule has 0 aromatic rings. The zero-order valence-electron chi connectivity index (χ0n) is 11.9. The highest BCUT2D eigenvalue weighted by Gasteiger charge is 2.56. The molecule has 1 heterocycles. The summed E-state index contributed by atoms with van der Waals surface area (Å²) in [7, 11) is 0. The van der Waals surface area contributed by atoms with Crippen LogP contribution < -0.4 is 5.32 Å². The number of amides is 1. The van der Waals surface area contributed by atoms with Gasteiger partial charge in [-0.2, -0.15) is 0 Å². The summed E-state index contributed by atoms with van der Waals surface area (Å²) in [6.07, 6.45) is 14.2. The Bertz CT molecular complexity index is 365. The largest absolute Gasteiger partial charge is 0.322 e. The Kier molecular flexibility index (Phi) is 2.87. The SMILES string of the molecule is O=C1N(C2CCC2)C(C2CCCC2)NC12CCCC2. The Morgan fingerprint density at radius 1 is 0.947 bits per heavy atom. The second kappa shape index (κ2) is 4.47. The van der Waals surface area contributed by atoms with Crippen molar-refractivity contribution in [2.24, 2.45) is 5.92 Å². The van der Waals surface area contributed by atoms with Crippen LogP contribution in [0.15, 0.2) is 0 Å². The van der Waals surface area contributed by atoms with E-state index in [9.17, 15) is 4.79 Å². The number of hydrogen-bond donors (Lipinski definition) is 1. The lowest BCUT2D eigenvalue weighted by Gasteiger charge is -2.40. The quantitative estimate of drug-likeness (QED) is 0.830. The monoisotopic (exact) mass is 262 g/mol. The van der Waals surface area contributed by atoms with Gasteiger partial charge in [-0.15, -0.1) is 0 Å². The van der Waals surface area contributed by atoms with Crippen LogP contribution in [0.4, 0.5) is 0 Å². The molecule has 0 aromatic carbocycles. The normalized spacial score (nSPS) is 35.5. The number of carbonyl (C=O) groups excluding carboxylic acids is 1. The molecule has 106 valence electrons. The molecular weight excluding hydrogens is 236 g/mol. The zero-order valence-corrected chi connectivity index (χ0v) is 11.9. The van der Waals surface area contributed by atoms with Gasteiger partial charge in [0.2, 0.25) is 5.91 Å². The summed E-state index contributed by atoms with van der Waals surface area (Å²) in [6.45, 7) is 0. The highest BCUT2D eigenvalue weighted by atomic mass is 16.2. The summed E-state index contributed by atoms with van der Waals surface area (Å²) in [6, 6.07) is 0.561. The van der Waals surface area contributed by atoms with Crippen molar-refractivity contribution in [1.82, 2.24) is 10.2 Å². The lowest BCUT2D eigenvalue weighted by molar-refractivity contribution is -0.137. The van der Waals surface area contributed by atoms with Gasteiger partial charge >= 0.3 is 0 Å². The molecule has 0 bridgehead atoms. The molecule has 4 rings (SSSR count). The third kappa shape index (κ3) is 1.77. The van der Waals surface area contributed by atoms with E-state index in [1.54, 1.807) is 0 Å². The van der Waals surface area contributed by atoms with Gasteiger partial charge in [0.1, 0.15) is 0 Å². The van der Waals surface area contributed by atoms with Crippen molar-refractivity contribution >= 4 is 5.91 Å². The topological polar surface area (TPSA) is 32.3 Å². The van der Waals surface area contributed by atoms with E-state index in [2.05, 4.69) is 10.2 Å². The van der Waals surface area contributed by atoms with Crippen LogP contribution in [0, 0.1) is 5.92 Å². The minimum atomic E-state index is -0.150. The Balaban J connectivity index is 1.61. The maximum Gasteiger partial charge on any atom is 0.244 e. The second-order valence-corrected chi connectivity index (χ2v) is 7.22. The maximum absolute atomic E-state index is 13.0. The molecule has 1 spiro atoms. The standard InChI is InChI=1S/C16H26N2O/c19-15-16(10-3-4-11-16)17-14(12-6-1-2-7-12)18(15)13-8-5-9-13/h12-14,17H,1-11H2. The molecule has 3 saturated carbocycles. The lowest BCUT2D eigenvalue weighted by Crippen LogP contribution is -2.50. The predicted molar refractivity (Wildman–Crippen MR) is 74.6 cm³/mol. The number of nitrogens with zero attached hydrogens (tertiary/aromatic N) is 1. The molecule has 1 N–H and O–H groups in total. The lowest BCUT2D eigenvalue weighted by atomic mass is 9.89. The van der Waals surface area contributed by atoms with Crippen LogP contribution >= 0.6 is 0 Å². The third-order valence-corrected chi connectivity index (χ3v) is 6.14. The summed E-state index contributed by atoms with van der Waals surface area (Å²) >= 11 is 0. The van der Waals surface area contributed by atoms with E-state index >= 15 is 0 Å². The van der Waals surface area contributed by atoms with Crippen LogP contribution in [0.25, 0.3) is 0 Å². The minimum absolute atomic E-state index is 0.150. The molecule has 1 atom stereocenters. The van der Waals surface area contributed by atoms with Gasteiger partial charge in [-0.25, -0.2) is 0 Å². The van der Waals surface area contributed by atoms with Crippen LogP contribution in [-0.4, -0.2) is 28.6 Å². The van der Waals surface area contributed by atoms with Gasteiger partial charge in [-0.1, -0.05) is 25.7 Å². The molecule has 4 aliphatic rings. The van der Waals surface area contributed by atoms with Crippen molar-refractivity contribution in [3.05, 3.63) is 0 Å². The third-order valence-electron chi connectivity index (χ3n) is 6.14. The van der Waals surface area contributed by atoms with Crippen molar-refractivity contribution in [3.63, 3.8) is 0 Å². The molecule has 3 heteroatoms. The fraction of sp³-hybridized carbons (Fsp3) is 0.938. The van der Waals surface area contributed by atoms with E-state index in [0.717, 1.165) is 18.8 Å². The first-order valence-electron chi connectivity index (χ1n) is 8.41. The van der Waals surface area contributed by atoms with Crippen molar-refractivity contribution < 1.29 is 4.79 Å². The van der Waals surface area contributed by atoms with Crippen LogP contribution in [0.1, 0.15) is 70.6 Å². The van der Waals surface area contributed by atoms with Crippen molar-refractivity contribution in [1.29, 1.82) is 0 Å². The molecule has 3 nitrogen and oxygen atoms in total. The molecule has 1 unspecified atom stereocenters. The van der Waals surface area contributed by atoms with Crippen molar-refractivity contribution in [2.75, 3.05) is 0 Å². The molecule has 0 aromatic heterocycles. The summed E-state index contributed by atoms with van der Waals surface area (Å²) in [5, 5.41) is 3.83. The van der Waals surface area contributed by atoms with Gasteiger partial charge in [-0.3, -0.25) is 10.1 Å². The van der Waals surface area contributed by atoms with Gasteiger partial charge in [0.05, 0.1) is 11.7 Å². The van der Waals surface area contributed by atoms with Gasteiger partial charge in [0, 0.05) is 6.04 Å². The fourth-order valence-corrected chi connectivity index (χ4v) is 4.80. The Morgan fingerprint density at radius 2 is 1.63 bits per heavy atom. The summed E-state index contributed by atoms with van der Waals surface area (Å²) in [5.74, 6) is 1.19. The first kappa shape index (κ1) is 12.2. The van der Waals surface area contributed by atoms with E-state index in [1.807, 2.05) is 0 Å². The van der Waals surface area contributed by atoms with Crippen LogP contribution in [0.2, 0.25) is 0 Å². The van der Waals surface area contributed by atoms with Crippen LogP contribution in [0.5, 0.6) is 0 Å². The van der Waals surface area contributed by atoms with Crippen molar-refractivity contribution in [3.8, 4) is 0 Å². The smallest absolute Gasteiger partial charge is 0.244 e. The Labute approximate surface area is 116 Å². The average Bonchev–Trinajstić information content (AvgIpc) is 3.04. The maximum atomic E-state index is 13.0. The number of nitrogens with one attached hydrogen (secondary N) is 1. The molecule has 19 heavy (non-hydrogen) atoms. The van der Waals surface area contributed by atoms with Gasteiger partial charge in [0.25, 0.3) is 0 Å². The molecule has 1 amide bonds. The van der Waals surface area contributed by atoms with Gasteiger partial charge in [-0.05, 0) is 50.9 Å². The summed E-state index contributed by atoms with van der Waals surface area (Å²) in [4.78, 5) is 15.3. The first-order valence-corrected chi connectivity index (χ1v) is 8.41. The van der Waals surface area contributed by atoms with E-state index in [1.165, 1.54) is 57.8 Å². The second-order valence-electron chi connectivity index (χ2n) is 7.22. The number of carbonyl (C=O) groups is 1. The molecule has 1 aliphatic heterocycles. The summed E-state index contributed by atoms with van der Waals surface area (Å²) < 4.78 is 0. The summed E-state index contributed by atoms with van der Waals surface area (Å²) in [5.41, 5.74) is -0.150. The molecule has 0 radical (unpaired) electrons. The number of hydrogen-bond acceptors (Lipinski definition) is 2. The molecular formula is C16H26N2O. The van der Waals surface area contributed by atoms with E-state index < -0.39 is 0 Å². The van der Waals surface area contributed by atoms with Gasteiger partial charge in [0.15, 0.2) is 0 Å². The molecule has 1 saturated heterocycles. The molecule has 4 fully saturated rings. The van der Waals surface area contributed by atoms with E-state index in [4.69, 9.17) is 0 Å². The fourth-order valence-electron chi connectivity index (χ4n) is 4.80. The zero-order chi connectivity index (χ0) is 12.9. The first-order chi connectivity index (χ1) is 9.30. The van der Waals surface area contributed by atoms with Crippen LogP contribution in [0.3, 0.4) is 0 Å². The van der Waals surface area contributed by atoms with Crippen molar-refractivity contribution in [2.45, 2.75) is 88.4 Å². The van der Waals surface area contributed by atoms with Crippen LogP contribution in [-0.2, 0) is 4.79 Å². The highest BCUT2D eigenvalue weighted by molar-refractivity contribution is 5.89. The number of rotatable bonds is 2. The highest BCUT2D eigenvalue weighted by Crippen LogP contribution is 2.44. The average molecular weight is 262 g/mol. The van der Waals surface area contributed by atoms with E-state index in [0.29, 0.717) is 18.1 Å². The Morgan fingerprint density at radius 3 is 2.21 bits per heavy atom. The predicted octanol–water partition coefficient (Wildman–Crippen LogP) is 2.80. The Hall–Kier alpha value is -0.570. The van der Waals surface area contributed by atoms with Gasteiger partial charge < -0.3 is 4.90 Å². The minimum Gasteiger partial charge on any atom is -0.322 e. The molecule has 3 aliphatic carbocycles. The van der Waals surface area contributed by atoms with E-state index in [-0.39, 0.29) is 5.54 Å².